The van der Waals surface area contributed by atoms with Crippen LogP contribution in [0.2, 0.25) is 0 Å². The molecule has 1 atom stereocenters. The number of hydrogen-bond acceptors (Lipinski definition) is 1. The molecule has 1 amide bonds. The van der Waals surface area contributed by atoms with Crippen molar-refractivity contribution in [2.24, 2.45) is 0 Å². The molecule has 1 heterocycles. The summed E-state index contributed by atoms with van der Waals surface area (Å²) in [6.45, 7) is 3.66. The summed E-state index contributed by atoms with van der Waals surface area (Å²) >= 11 is 6.97. The van der Waals surface area contributed by atoms with Gasteiger partial charge < -0.3 is 4.90 Å². The Morgan fingerprint density at radius 2 is 2.19 bits per heavy atom. The molecule has 1 aliphatic rings. The number of hydrogen-bond donors (Lipinski definition) is 0. The molecule has 86 valence electrons. The molecular formula is C12H13Br2NO. The molecule has 0 bridgehead atoms. The van der Waals surface area contributed by atoms with Gasteiger partial charge in [0.25, 0.3) is 5.91 Å². The predicted octanol–water partition coefficient (Wildman–Crippen LogP) is 3.37. The number of carbonyl (C=O) groups is 1. The van der Waals surface area contributed by atoms with Gasteiger partial charge >= 0.3 is 0 Å². The van der Waals surface area contributed by atoms with E-state index in [0.717, 1.165) is 35.1 Å². The van der Waals surface area contributed by atoms with Gasteiger partial charge in [-0.3, -0.25) is 4.79 Å². The average Bonchev–Trinajstić information content (AvgIpc) is 2.62. The van der Waals surface area contributed by atoms with Gasteiger partial charge in [0.2, 0.25) is 0 Å². The molecule has 2 rings (SSSR count). The second-order valence-electron chi connectivity index (χ2n) is 4.15. The van der Waals surface area contributed by atoms with Crippen LogP contribution in [-0.4, -0.2) is 28.7 Å². The minimum absolute atomic E-state index is 0.131. The number of benzene rings is 1. The molecule has 1 aromatic carbocycles. The van der Waals surface area contributed by atoms with Crippen molar-refractivity contribution in [1.29, 1.82) is 0 Å². The Morgan fingerprint density at radius 3 is 2.75 bits per heavy atom. The van der Waals surface area contributed by atoms with Crippen LogP contribution in [0.25, 0.3) is 0 Å². The first-order valence-electron chi connectivity index (χ1n) is 5.27. The van der Waals surface area contributed by atoms with Gasteiger partial charge in [-0.1, -0.05) is 31.9 Å². The highest BCUT2D eigenvalue weighted by Gasteiger charge is 2.25. The largest absolute Gasteiger partial charge is 0.337 e. The SMILES string of the molecule is Cc1cc(Br)cc(C(=O)N2CCC(Br)C2)c1. The molecule has 1 aromatic rings. The van der Waals surface area contributed by atoms with Gasteiger partial charge in [-0.05, 0) is 37.1 Å². The molecule has 1 saturated heterocycles. The van der Waals surface area contributed by atoms with Crippen LogP contribution in [0.15, 0.2) is 22.7 Å². The van der Waals surface area contributed by atoms with E-state index in [2.05, 4.69) is 31.9 Å². The van der Waals surface area contributed by atoms with Crippen LogP contribution >= 0.6 is 31.9 Å². The highest BCUT2D eigenvalue weighted by molar-refractivity contribution is 9.10. The van der Waals surface area contributed by atoms with E-state index < -0.39 is 0 Å². The van der Waals surface area contributed by atoms with Crippen molar-refractivity contribution in [3.05, 3.63) is 33.8 Å². The molecule has 0 saturated carbocycles. The molecule has 0 spiro atoms. The molecule has 1 unspecified atom stereocenters. The summed E-state index contributed by atoms with van der Waals surface area (Å²) in [4.78, 5) is 14.5. The number of likely N-dealkylation sites (tertiary alicyclic amines) is 1. The third kappa shape index (κ3) is 2.66. The first-order valence-corrected chi connectivity index (χ1v) is 6.97. The summed E-state index contributed by atoms with van der Waals surface area (Å²) in [5.41, 5.74) is 1.88. The first kappa shape index (κ1) is 12.1. The summed E-state index contributed by atoms with van der Waals surface area (Å²) in [5.74, 6) is 0.131. The highest BCUT2D eigenvalue weighted by Crippen LogP contribution is 2.21. The molecule has 1 fully saturated rings. The summed E-state index contributed by atoms with van der Waals surface area (Å²) in [6.07, 6.45) is 1.04. The zero-order chi connectivity index (χ0) is 11.7. The van der Waals surface area contributed by atoms with Gasteiger partial charge in [0, 0.05) is 28.0 Å². The maximum Gasteiger partial charge on any atom is 0.253 e. The summed E-state index contributed by atoms with van der Waals surface area (Å²) in [5, 5.41) is 0. The third-order valence-electron chi connectivity index (χ3n) is 2.71. The van der Waals surface area contributed by atoms with Crippen LogP contribution in [0, 0.1) is 6.92 Å². The van der Waals surface area contributed by atoms with Crippen molar-refractivity contribution in [3.63, 3.8) is 0 Å². The fraction of sp³-hybridized carbons (Fsp3) is 0.417. The van der Waals surface area contributed by atoms with Gasteiger partial charge in [0.1, 0.15) is 0 Å². The lowest BCUT2D eigenvalue weighted by Crippen LogP contribution is -2.28. The van der Waals surface area contributed by atoms with Crippen molar-refractivity contribution in [2.45, 2.75) is 18.2 Å². The highest BCUT2D eigenvalue weighted by atomic mass is 79.9. The molecule has 0 N–H and O–H groups in total. The van der Waals surface area contributed by atoms with E-state index in [1.165, 1.54) is 0 Å². The number of nitrogens with zero attached hydrogens (tertiary/aromatic N) is 1. The average molecular weight is 347 g/mol. The second kappa shape index (κ2) is 4.88. The van der Waals surface area contributed by atoms with E-state index >= 15 is 0 Å². The summed E-state index contributed by atoms with van der Waals surface area (Å²) in [6, 6.07) is 5.83. The first-order chi connectivity index (χ1) is 7.56. The van der Waals surface area contributed by atoms with Gasteiger partial charge in [-0.15, -0.1) is 0 Å². The van der Waals surface area contributed by atoms with Crippen molar-refractivity contribution in [3.8, 4) is 0 Å². The van der Waals surface area contributed by atoms with Crippen molar-refractivity contribution in [1.82, 2.24) is 4.90 Å². The van der Waals surface area contributed by atoms with Gasteiger partial charge in [-0.25, -0.2) is 0 Å². The van der Waals surface area contributed by atoms with Crippen LogP contribution in [0.1, 0.15) is 22.3 Å². The van der Waals surface area contributed by atoms with E-state index in [1.54, 1.807) is 0 Å². The molecule has 4 heteroatoms. The maximum atomic E-state index is 12.2. The van der Waals surface area contributed by atoms with Crippen molar-refractivity contribution in [2.75, 3.05) is 13.1 Å². The normalized spacial score (nSPS) is 20.2. The number of halogens is 2. The van der Waals surface area contributed by atoms with Crippen LogP contribution < -0.4 is 0 Å². The predicted molar refractivity (Wildman–Crippen MR) is 72.1 cm³/mol. The molecule has 0 aromatic heterocycles. The summed E-state index contributed by atoms with van der Waals surface area (Å²) < 4.78 is 0.963. The quantitative estimate of drug-likeness (QED) is 0.714. The lowest BCUT2D eigenvalue weighted by atomic mass is 10.1. The van der Waals surface area contributed by atoms with Crippen molar-refractivity contribution < 1.29 is 4.79 Å². The fourth-order valence-corrected chi connectivity index (χ4v) is 3.11. The Hall–Kier alpha value is -0.350. The molecule has 0 aliphatic carbocycles. The molecule has 0 radical (unpaired) electrons. The van der Waals surface area contributed by atoms with E-state index in [-0.39, 0.29) is 5.91 Å². The third-order valence-corrected chi connectivity index (χ3v) is 3.91. The van der Waals surface area contributed by atoms with E-state index in [1.807, 2.05) is 30.0 Å². The minimum atomic E-state index is 0.131. The Kier molecular flexibility index (Phi) is 3.70. The standard InChI is InChI=1S/C12H13Br2NO/c1-8-4-9(6-11(14)5-8)12(16)15-3-2-10(13)7-15/h4-6,10H,2-3,7H2,1H3. The van der Waals surface area contributed by atoms with E-state index in [9.17, 15) is 4.79 Å². The van der Waals surface area contributed by atoms with Crippen molar-refractivity contribution >= 4 is 37.8 Å². The lowest BCUT2D eigenvalue weighted by Gasteiger charge is -2.16. The number of alkyl halides is 1. The Labute approximate surface area is 112 Å². The van der Waals surface area contributed by atoms with Gasteiger partial charge in [0.05, 0.1) is 0 Å². The second-order valence-corrected chi connectivity index (χ2v) is 6.37. The van der Waals surface area contributed by atoms with Crippen LogP contribution in [-0.2, 0) is 0 Å². The van der Waals surface area contributed by atoms with Gasteiger partial charge in [0.15, 0.2) is 0 Å². The van der Waals surface area contributed by atoms with Crippen LogP contribution in [0.4, 0.5) is 0 Å². The Morgan fingerprint density at radius 1 is 1.44 bits per heavy atom. The van der Waals surface area contributed by atoms with Gasteiger partial charge in [-0.2, -0.15) is 0 Å². The fourth-order valence-electron chi connectivity index (χ4n) is 1.94. The zero-order valence-corrected chi connectivity index (χ0v) is 12.2. The molecule has 2 nitrogen and oxygen atoms in total. The van der Waals surface area contributed by atoms with E-state index in [4.69, 9.17) is 0 Å². The van der Waals surface area contributed by atoms with Crippen LogP contribution in [0.3, 0.4) is 0 Å². The number of aryl methyl sites for hydroxylation is 1. The lowest BCUT2D eigenvalue weighted by molar-refractivity contribution is 0.0793. The monoisotopic (exact) mass is 345 g/mol. The molecule has 16 heavy (non-hydrogen) atoms. The van der Waals surface area contributed by atoms with Crippen LogP contribution in [0.5, 0.6) is 0 Å². The Bertz CT molecular complexity index is 399. The number of carbonyl (C=O) groups excluding carboxylic acids is 1. The topological polar surface area (TPSA) is 20.3 Å². The maximum absolute atomic E-state index is 12.2. The number of rotatable bonds is 1. The molecule has 1 aliphatic heterocycles. The zero-order valence-electron chi connectivity index (χ0n) is 9.04. The summed E-state index contributed by atoms with van der Waals surface area (Å²) in [7, 11) is 0. The number of amides is 1. The minimum Gasteiger partial charge on any atom is -0.337 e. The smallest absolute Gasteiger partial charge is 0.253 e. The van der Waals surface area contributed by atoms with E-state index in [0.29, 0.717) is 4.83 Å². The molecular weight excluding hydrogens is 334 g/mol. The Balaban J connectivity index is 2.20.